The fraction of sp³-hybridized carbons (Fsp3) is 0.0714. The maximum Gasteiger partial charge on any atom is 0.341 e. The number of rotatable bonds is 3. The van der Waals surface area contributed by atoms with Crippen LogP contribution in [-0.4, -0.2) is 30.8 Å². The summed E-state index contributed by atoms with van der Waals surface area (Å²) in [5.74, 6) is -1.69. The maximum atomic E-state index is 12.2. The number of halogens is 2. The van der Waals surface area contributed by atoms with Crippen molar-refractivity contribution in [2.75, 3.05) is 0 Å². The number of aromatic nitrogens is 3. The third kappa shape index (κ3) is 2.64. The van der Waals surface area contributed by atoms with Crippen LogP contribution in [0, 0.1) is 0 Å². The fourth-order valence-corrected chi connectivity index (χ4v) is 2.53. The Morgan fingerprint density at radius 1 is 1.30 bits per heavy atom. The molecule has 0 radical (unpaired) electrons. The number of benzene rings is 1. The number of fused-ring (bicyclic) bond motifs is 1. The van der Waals surface area contributed by atoms with E-state index in [0.29, 0.717) is 15.6 Å². The van der Waals surface area contributed by atoms with Gasteiger partial charge in [0.05, 0.1) is 21.8 Å². The van der Waals surface area contributed by atoms with Gasteiger partial charge >= 0.3 is 5.97 Å². The Morgan fingerprint density at radius 2 is 2.04 bits per heavy atom. The number of carboxylic acid groups (broad SMARTS) is 1. The highest BCUT2D eigenvalue weighted by Gasteiger charge is 2.19. The maximum absolute atomic E-state index is 12.2. The van der Waals surface area contributed by atoms with Gasteiger partial charge in [-0.05, 0) is 17.7 Å². The van der Waals surface area contributed by atoms with Gasteiger partial charge in [0.1, 0.15) is 5.56 Å². The fourth-order valence-electron chi connectivity index (χ4n) is 2.21. The van der Waals surface area contributed by atoms with E-state index in [9.17, 15) is 14.7 Å². The third-order valence-electron chi connectivity index (χ3n) is 3.34. The van der Waals surface area contributed by atoms with Crippen LogP contribution < -0.4 is 5.56 Å². The topological polar surface area (TPSA) is 108 Å². The number of carbonyl (C=O) groups is 1. The van der Waals surface area contributed by atoms with Crippen LogP contribution in [0.3, 0.4) is 0 Å². The van der Waals surface area contributed by atoms with Crippen LogP contribution in [0.5, 0.6) is 5.88 Å². The second-order valence-electron chi connectivity index (χ2n) is 4.81. The minimum Gasteiger partial charge on any atom is -0.493 e. The highest BCUT2D eigenvalue weighted by molar-refractivity contribution is 6.42. The Kier molecular flexibility index (Phi) is 3.75. The number of H-pyrrole nitrogens is 1. The Labute approximate surface area is 138 Å². The molecular formula is C14H9Cl2N3O4. The molecule has 0 amide bonds. The van der Waals surface area contributed by atoms with Gasteiger partial charge in [-0.2, -0.15) is 9.61 Å². The summed E-state index contributed by atoms with van der Waals surface area (Å²) >= 11 is 11.8. The van der Waals surface area contributed by atoms with E-state index in [2.05, 4.69) is 10.1 Å². The largest absolute Gasteiger partial charge is 0.493 e. The lowest BCUT2D eigenvalue weighted by molar-refractivity contribution is 0.0698. The molecule has 9 heteroatoms. The zero-order valence-corrected chi connectivity index (χ0v) is 12.9. The quantitative estimate of drug-likeness (QED) is 0.669. The number of aromatic carboxylic acids is 1. The number of hydrogen-bond donors (Lipinski definition) is 3. The molecule has 0 fully saturated rings. The summed E-state index contributed by atoms with van der Waals surface area (Å²) in [4.78, 5) is 25.7. The number of hydrogen-bond acceptors (Lipinski definition) is 4. The molecule has 3 N–H and O–H groups in total. The summed E-state index contributed by atoms with van der Waals surface area (Å²) in [6.07, 6.45) is 1.13. The van der Waals surface area contributed by atoms with Crippen molar-refractivity contribution in [3.8, 4) is 5.88 Å². The highest BCUT2D eigenvalue weighted by atomic mass is 35.5. The number of nitrogens with one attached hydrogen (secondary N) is 1. The van der Waals surface area contributed by atoms with Gasteiger partial charge in [-0.3, -0.25) is 4.79 Å². The predicted octanol–water partition coefficient (Wildman–Crippen LogP) is 2.32. The van der Waals surface area contributed by atoms with Crippen LogP contribution in [0.1, 0.15) is 21.5 Å². The molecule has 0 saturated carbocycles. The first-order valence-corrected chi connectivity index (χ1v) is 7.13. The standard InChI is InChI=1S/C14H9Cl2N3O4/c15-9-2-1-6(4-10(9)16)3-7-12(20)18-11-8(14(22)23)5-17-19(11)13(7)21/h1-2,4-5,21H,3H2,(H,18,20)(H,22,23). The molecule has 0 aliphatic heterocycles. The van der Waals surface area contributed by atoms with Crippen LogP contribution in [0.15, 0.2) is 29.2 Å². The van der Waals surface area contributed by atoms with Crippen molar-refractivity contribution < 1.29 is 15.0 Å². The molecule has 118 valence electrons. The molecule has 2 heterocycles. The summed E-state index contributed by atoms with van der Waals surface area (Å²) in [5.41, 5.74) is -0.207. The van der Waals surface area contributed by atoms with Gasteiger partial charge in [0.25, 0.3) is 5.56 Å². The van der Waals surface area contributed by atoms with E-state index in [-0.39, 0.29) is 23.2 Å². The van der Waals surface area contributed by atoms with E-state index in [1.807, 2.05) is 0 Å². The van der Waals surface area contributed by atoms with Crippen molar-refractivity contribution in [2.24, 2.45) is 0 Å². The molecule has 2 aromatic heterocycles. The van der Waals surface area contributed by atoms with Gasteiger partial charge in [0.2, 0.25) is 5.88 Å². The number of carboxylic acids is 1. The number of nitrogens with zero attached hydrogens (tertiary/aromatic N) is 2. The van der Waals surface area contributed by atoms with Crippen molar-refractivity contribution in [1.29, 1.82) is 0 Å². The molecule has 7 nitrogen and oxygen atoms in total. The predicted molar refractivity (Wildman–Crippen MR) is 83.7 cm³/mol. The first-order valence-electron chi connectivity index (χ1n) is 6.37. The third-order valence-corrected chi connectivity index (χ3v) is 4.08. The molecule has 0 saturated heterocycles. The Hall–Kier alpha value is -2.51. The summed E-state index contributed by atoms with van der Waals surface area (Å²) in [5, 5.41) is 23.8. The SMILES string of the molecule is O=C(O)c1cnn2c(O)c(Cc3ccc(Cl)c(Cl)c3)c(=O)[nH]c12. The van der Waals surface area contributed by atoms with E-state index in [4.69, 9.17) is 28.3 Å². The van der Waals surface area contributed by atoms with Gasteiger partial charge in [-0.25, -0.2) is 4.79 Å². The van der Waals surface area contributed by atoms with Crippen molar-refractivity contribution in [3.05, 3.63) is 61.5 Å². The van der Waals surface area contributed by atoms with Gasteiger partial charge in [-0.1, -0.05) is 29.3 Å². The number of aromatic hydroxyl groups is 1. The van der Waals surface area contributed by atoms with E-state index in [1.54, 1.807) is 18.2 Å². The molecule has 0 spiro atoms. The molecule has 3 aromatic rings. The molecule has 1 aromatic carbocycles. The lowest BCUT2D eigenvalue weighted by Gasteiger charge is -2.07. The minimum absolute atomic E-state index is 0.0379. The average molecular weight is 354 g/mol. The van der Waals surface area contributed by atoms with E-state index < -0.39 is 17.4 Å². The van der Waals surface area contributed by atoms with Crippen LogP contribution in [0.25, 0.3) is 5.65 Å². The van der Waals surface area contributed by atoms with Crippen LogP contribution in [-0.2, 0) is 6.42 Å². The van der Waals surface area contributed by atoms with Gasteiger partial charge in [0, 0.05) is 6.42 Å². The molecule has 0 aliphatic rings. The molecule has 0 unspecified atom stereocenters. The average Bonchev–Trinajstić information content (AvgIpc) is 2.91. The summed E-state index contributed by atoms with van der Waals surface area (Å²) in [7, 11) is 0. The highest BCUT2D eigenvalue weighted by Crippen LogP contribution is 2.25. The second-order valence-corrected chi connectivity index (χ2v) is 5.62. The second kappa shape index (κ2) is 5.60. The molecule has 3 rings (SSSR count). The number of aromatic amines is 1. The van der Waals surface area contributed by atoms with Crippen LogP contribution >= 0.6 is 23.2 Å². The van der Waals surface area contributed by atoms with Gasteiger partial charge in [0.15, 0.2) is 5.65 Å². The molecule has 0 bridgehead atoms. The zero-order chi connectivity index (χ0) is 16.7. The van der Waals surface area contributed by atoms with Crippen LogP contribution in [0.2, 0.25) is 10.0 Å². The minimum atomic E-state index is -1.26. The molecule has 0 aliphatic carbocycles. The van der Waals surface area contributed by atoms with Crippen molar-refractivity contribution in [1.82, 2.24) is 14.6 Å². The first kappa shape index (κ1) is 15.4. The summed E-state index contributed by atoms with van der Waals surface area (Å²) < 4.78 is 0.970. The lowest BCUT2D eigenvalue weighted by Crippen LogP contribution is -2.17. The normalized spacial score (nSPS) is 11.0. The molecule has 23 heavy (non-hydrogen) atoms. The Bertz CT molecular complexity index is 994. The monoisotopic (exact) mass is 353 g/mol. The first-order chi connectivity index (χ1) is 10.9. The van der Waals surface area contributed by atoms with E-state index in [1.165, 1.54) is 0 Å². The van der Waals surface area contributed by atoms with Gasteiger partial charge < -0.3 is 15.2 Å². The van der Waals surface area contributed by atoms with Crippen LogP contribution in [0.4, 0.5) is 0 Å². The van der Waals surface area contributed by atoms with Crippen molar-refractivity contribution >= 4 is 34.8 Å². The lowest BCUT2D eigenvalue weighted by atomic mass is 10.1. The summed E-state index contributed by atoms with van der Waals surface area (Å²) in [6, 6.07) is 4.83. The van der Waals surface area contributed by atoms with E-state index in [0.717, 1.165) is 10.7 Å². The Morgan fingerprint density at radius 3 is 2.70 bits per heavy atom. The van der Waals surface area contributed by atoms with E-state index >= 15 is 0 Å². The zero-order valence-electron chi connectivity index (χ0n) is 11.4. The smallest absolute Gasteiger partial charge is 0.341 e. The van der Waals surface area contributed by atoms with Gasteiger partial charge in [-0.15, -0.1) is 0 Å². The van der Waals surface area contributed by atoms with Crippen molar-refractivity contribution in [2.45, 2.75) is 6.42 Å². The molecule has 0 atom stereocenters. The van der Waals surface area contributed by atoms with Crippen molar-refractivity contribution in [3.63, 3.8) is 0 Å². The Balaban J connectivity index is 2.13. The molecular weight excluding hydrogens is 345 g/mol. The summed E-state index contributed by atoms with van der Waals surface area (Å²) in [6.45, 7) is 0.